The first-order valence-electron chi connectivity index (χ1n) is 7.77. The van der Waals surface area contributed by atoms with Crippen molar-refractivity contribution in [1.29, 1.82) is 0 Å². The number of aromatic amines is 1. The Morgan fingerprint density at radius 1 is 1.52 bits per heavy atom. The summed E-state index contributed by atoms with van der Waals surface area (Å²) in [5, 5.41) is 9.41. The van der Waals surface area contributed by atoms with Crippen LogP contribution in [-0.2, 0) is 0 Å². The molecule has 1 fully saturated rings. The molecule has 6 heteroatoms. The van der Waals surface area contributed by atoms with Crippen molar-refractivity contribution < 1.29 is 14.6 Å². The van der Waals surface area contributed by atoms with Gasteiger partial charge in [-0.25, -0.2) is 4.98 Å². The molecule has 1 atom stereocenters. The predicted molar refractivity (Wildman–Crippen MR) is 86.5 cm³/mol. The van der Waals surface area contributed by atoms with Crippen molar-refractivity contribution in [3.05, 3.63) is 35.7 Å². The van der Waals surface area contributed by atoms with Gasteiger partial charge in [0.25, 0.3) is 5.91 Å². The minimum Gasteiger partial charge on any atom is -0.497 e. The van der Waals surface area contributed by atoms with Gasteiger partial charge in [-0.2, -0.15) is 0 Å². The van der Waals surface area contributed by atoms with E-state index in [1.54, 1.807) is 12.0 Å². The lowest BCUT2D eigenvalue weighted by molar-refractivity contribution is 0.0671. The van der Waals surface area contributed by atoms with Crippen LogP contribution in [0.25, 0.3) is 11.4 Å². The molecule has 0 saturated carbocycles. The maximum Gasteiger partial charge on any atom is 0.274 e. The molecule has 0 radical (unpaired) electrons. The van der Waals surface area contributed by atoms with E-state index in [1.165, 1.54) is 0 Å². The fourth-order valence-corrected chi connectivity index (χ4v) is 3.00. The molecular formula is C17H21N3O3. The molecule has 6 nitrogen and oxygen atoms in total. The number of aliphatic hydroxyl groups excluding tert-OH is 1. The van der Waals surface area contributed by atoms with E-state index in [1.807, 2.05) is 31.2 Å². The molecule has 1 aliphatic heterocycles. The lowest BCUT2D eigenvalue weighted by Crippen LogP contribution is -2.38. The zero-order valence-corrected chi connectivity index (χ0v) is 13.4. The van der Waals surface area contributed by atoms with Gasteiger partial charge in [0.2, 0.25) is 0 Å². The van der Waals surface area contributed by atoms with Crippen LogP contribution in [0.1, 0.15) is 29.0 Å². The molecule has 1 aromatic carbocycles. The summed E-state index contributed by atoms with van der Waals surface area (Å²) in [6, 6.07) is 7.44. The molecule has 2 heterocycles. The summed E-state index contributed by atoms with van der Waals surface area (Å²) in [6.45, 7) is 2.51. The van der Waals surface area contributed by atoms with Crippen molar-refractivity contribution >= 4 is 5.91 Å². The van der Waals surface area contributed by atoms with Crippen molar-refractivity contribution in [2.75, 3.05) is 20.3 Å². The maximum absolute atomic E-state index is 12.7. The maximum atomic E-state index is 12.7. The molecule has 2 aromatic rings. The smallest absolute Gasteiger partial charge is 0.274 e. The Balaban J connectivity index is 1.90. The molecule has 3 rings (SSSR count). The van der Waals surface area contributed by atoms with Gasteiger partial charge in [0.15, 0.2) is 0 Å². The Hall–Kier alpha value is -2.34. The number of ether oxygens (including phenoxy) is 1. The summed E-state index contributed by atoms with van der Waals surface area (Å²) in [5.41, 5.74) is 2.02. The predicted octanol–water partition coefficient (Wildman–Crippen LogP) is 1.99. The van der Waals surface area contributed by atoms with Gasteiger partial charge in [0.05, 0.1) is 19.8 Å². The van der Waals surface area contributed by atoms with E-state index in [-0.39, 0.29) is 18.6 Å². The number of aromatic nitrogens is 2. The topological polar surface area (TPSA) is 78.4 Å². The van der Waals surface area contributed by atoms with Gasteiger partial charge in [-0.3, -0.25) is 4.79 Å². The molecule has 122 valence electrons. The van der Waals surface area contributed by atoms with Gasteiger partial charge in [0, 0.05) is 17.8 Å². The summed E-state index contributed by atoms with van der Waals surface area (Å²) in [6.07, 6.45) is 1.76. The number of carbonyl (C=O) groups is 1. The molecule has 1 aromatic heterocycles. The van der Waals surface area contributed by atoms with Crippen LogP contribution < -0.4 is 4.74 Å². The van der Waals surface area contributed by atoms with Crippen molar-refractivity contribution in [2.24, 2.45) is 0 Å². The number of amides is 1. The lowest BCUT2D eigenvalue weighted by atomic mass is 10.2. The van der Waals surface area contributed by atoms with Crippen LogP contribution in [-0.4, -0.2) is 52.2 Å². The van der Waals surface area contributed by atoms with Crippen LogP contribution in [0.5, 0.6) is 5.75 Å². The molecular weight excluding hydrogens is 294 g/mol. The van der Waals surface area contributed by atoms with Gasteiger partial charge < -0.3 is 19.7 Å². The molecule has 1 amide bonds. The lowest BCUT2D eigenvalue weighted by Gasteiger charge is -2.22. The van der Waals surface area contributed by atoms with Crippen molar-refractivity contribution in [3.63, 3.8) is 0 Å². The molecule has 0 unspecified atom stereocenters. The second kappa shape index (κ2) is 6.42. The second-order valence-corrected chi connectivity index (χ2v) is 5.77. The third kappa shape index (κ3) is 2.94. The Labute approximate surface area is 135 Å². The Bertz CT molecular complexity index is 711. The first-order chi connectivity index (χ1) is 11.1. The minimum atomic E-state index is -0.121. The largest absolute Gasteiger partial charge is 0.497 e. The van der Waals surface area contributed by atoms with Crippen molar-refractivity contribution in [2.45, 2.75) is 25.8 Å². The monoisotopic (exact) mass is 315 g/mol. The van der Waals surface area contributed by atoms with E-state index < -0.39 is 0 Å². The molecule has 0 spiro atoms. The highest BCUT2D eigenvalue weighted by Gasteiger charge is 2.31. The van der Waals surface area contributed by atoms with Crippen molar-refractivity contribution in [1.82, 2.24) is 14.9 Å². The van der Waals surface area contributed by atoms with E-state index in [0.717, 1.165) is 29.8 Å². The quantitative estimate of drug-likeness (QED) is 0.904. The first kappa shape index (κ1) is 15.6. The van der Waals surface area contributed by atoms with Crippen LogP contribution in [0.15, 0.2) is 24.3 Å². The molecule has 0 aliphatic carbocycles. The highest BCUT2D eigenvalue weighted by molar-refractivity contribution is 5.94. The van der Waals surface area contributed by atoms with Gasteiger partial charge in [-0.15, -0.1) is 0 Å². The van der Waals surface area contributed by atoms with Gasteiger partial charge >= 0.3 is 0 Å². The second-order valence-electron chi connectivity index (χ2n) is 5.77. The number of hydrogen-bond acceptors (Lipinski definition) is 4. The molecule has 1 aliphatic rings. The molecule has 23 heavy (non-hydrogen) atoms. The van der Waals surface area contributed by atoms with Gasteiger partial charge in [-0.05, 0) is 31.9 Å². The number of aryl methyl sites for hydroxylation is 1. The van der Waals surface area contributed by atoms with Crippen LogP contribution in [0.4, 0.5) is 0 Å². The molecule has 2 N–H and O–H groups in total. The Morgan fingerprint density at radius 2 is 2.35 bits per heavy atom. The number of methoxy groups -OCH3 is 1. The SMILES string of the molecule is COc1cccc(-c2nc(C(=O)N3CCC[C@@H]3CO)c(C)[nH]2)c1. The van der Waals surface area contributed by atoms with E-state index in [0.29, 0.717) is 18.1 Å². The van der Waals surface area contributed by atoms with Crippen LogP contribution in [0, 0.1) is 6.92 Å². The number of imidazole rings is 1. The van der Waals surface area contributed by atoms with E-state index >= 15 is 0 Å². The number of benzene rings is 1. The van der Waals surface area contributed by atoms with Gasteiger partial charge in [0.1, 0.15) is 17.3 Å². The highest BCUT2D eigenvalue weighted by atomic mass is 16.5. The number of H-pyrrole nitrogens is 1. The Morgan fingerprint density at radius 3 is 3.09 bits per heavy atom. The standard InChI is InChI=1S/C17H21N3O3/c1-11-15(17(22)20-8-4-6-13(20)10-21)19-16(18-11)12-5-3-7-14(9-12)23-2/h3,5,7,9,13,21H,4,6,8,10H2,1-2H3,(H,18,19)/t13-/m1/s1. The normalized spacial score (nSPS) is 17.5. The average Bonchev–Trinajstić information content (AvgIpc) is 3.20. The number of aliphatic hydroxyl groups is 1. The average molecular weight is 315 g/mol. The summed E-state index contributed by atoms with van der Waals surface area (Å²) in [5.74, 6) is 1.26. The van der Waals surface area contributed by atoms with Crippen molar-refractivity contribution in [3.8, 4) is 17.1 Å². The van der Waals surface area contributed by atoms with E-state index in [2.05, 4.69) is 9.97 Å². The van der Waals surface area contributed by atoms with E-state index in [9.17, 15) is 9.90 Å². The number of nitrogens with zero attached hydrogens (tertiary/aromatic N) is 2. The Kier molecular flexibility index (Phi) is 4.34. The molecule has 1 saturated heterocycles. The fraction of sp³-hybridized carbons (Fsp3) is 0.412. The third-order valence-electron chi connectivity index (χ3n) is 4.28. The van der Waals surface area contributed by atoms with Crippen LogP contribution in [0.2, 0.25) is 0 Å². The first-order valence-corrected chi connectivity index (χ1v) is 7.77. The minimum absolute atomic E-state index is 0.00203. The zero-order valence-electron chi connectivity index (χ0n) is 13.4. The summed E-state index contributed by atoms with van der Waals surface area (Å²) >= 11 is 0. The highest BCUT2D eigenvalue weighted by Crippen LogP contribution is 2.25. The van der Waals surface area contributed by atoms with Crippen LogP contribution >= 0.6 is 0 Å². The fourth-order valence-electron chi connectivity index (χ4n) is 3.00. The van der Waals surface area contributed by atoms with Gasteiger partial charge in [-0.1, -0.05) is 12.1 Å². The summed E-state index contributed by atoms with van der Waals surface area (Å²) in [4.78, 5) is 22.1. The summed E-state index contributed by atoms with van der Waals surface area (Å²) in [7, 11) is 1.61. The number of rotatable bonds is 4. The zero-order chi connectivity index (χ0) is 16.4. The van der Waals surface area contributed by atoms with Crippen LogP contribution in [0.3, 0.4) is 0 Å². The third-order valence-corrected chi connectivity index (χ3v) is 4.28. The number of likely N-dealkylation sites (tertiary alicyclic amines) is 1. The van der Waals surface area contributed by atoms with E-state index in [4.69, 9.17) is 4.74 Å². The number of nitrogens with one attached hydrogen (secondary N) is 1. The summed E-state index contributed by atoms with van der Waals surface area (Å²) < 4.78 is 5.23. The molecule has 0 bridgehead atoms. The number of carbonyl (C=O) groups excluding carboxylic acids is 1. The number of hydrogen-bond donors (Lipinski definition) is 2.